The van der Waals surface area contributed by atoms with Gasteiger partial charge in [-0.15, -0.1) is 0 Å². The van der Waals surface area contributed by atoms with E-state index in [1.54, 1.807) is 6.08 Å². The average Bonchev–Trinajstić information content (AvgIpc) is 3.23. The Morgan fingerprint density at radius 1 is 0.581 bits per heavy atom. The summed E-state index contributed by atoms with van der Waals surface area (Å²) in [6, 6.07) is -0.882. The van der Waals surface area contributed by atoms with E-state index in [0.717, 1.165) is 64.2 Å². The summed E-state index contributed by atoms with van der Waals surface area (Å²) in [4.78, 5) is 25.0. The van der Waals surface area contributed by atoms with Crippen molar-refractivity contribution < 1.29 is 32.9 Å². The van der Waals surface area contributed by atoms with Crippen molar-refractivity contribution in [2.45, 2.75) is 219 Å². The van der Waals surface area contributed by atoms with Gasteiger partial charge in [-0.05, 0) is 57.8 Å². The molecule has 8 nitrogen and oxygen atoms in total. The van der Waals surface area contributed by atoms with Gasteiger partial charge in [-0.1, -0.05) is 215 Å². The predicted octanol–water partition coefficient (Wildman–Crippen LogP) is 14.1. The van der Waals surface area contributed by atoms with Crippen LogP contribution in [-0.4, -0.2) is 68.5 Å². The zero-order chi connectivity index (χ0) is 45.7. The molecule has 0 saturated carbocycles. The Hall–Kier alpha value is -2.06. The molecule has 0 bridgehead atoms. The van der Waals surface area contributed by atoms with Crippen molar-refractivity contribution in [1.82, 2.24) is 5.32 Å². The molecule has 0 fully saturated rings. The molecule has 62 heavy (non-hydrogen) atoms. The Morgan fingerprint density at radius 2 is 0.984 bits per heavy atom. The molecule has 1 amide bonds. The van der Waals surface area contributed by atoms with Gasteiger partial charge in [0.05, 0.1) is 39.9 Å². The molecule has 9 heteroatoms. The maximum atomic E-state index is 12.7. The normalized spacial score (nSPS) is 14.8. The van der Waals surface area contributed by atoms with Gasteiger partial charge in [0.25, 0.3) is 7.82 Å². The molecule has 2 N–H and O–H groups in total. The highest BCUT2D eigenvalue weighted by Crippen LogP contribution is 2.38. The summed E-state index contributed by atoms with van der Waals surface area (Å²) in [7, 11) is 1.25. The molecule has 0 aliphatic rings. The van der Waals surface area contributed by atoms with Gasteiger partial charge in [0.15, 0.2) is 0 Å². The van der Waals surface area contributed by atoms with Crippen LogP contribution in [0.15, 0.2) is 72.9 Å². The maximum absolute atomic E-state index is 12.7. The fraction of sp³-hybridized carbons (Fsp3) is 0.755. The molecule has 0 spiro atoms. The molecule has 0 aromatic rings. The molecule has 0 heterocycles. The van der Waals surface area contributed by atoms with Crippen molar-refractivity contribution >= 4 is 13.7 Å². The monoisotopic (exact) mass is 889 g/mol. The smallest absolute Gasteiger partial charge is 0.268 e. The second kappa shape index (κ2) is 44.2. The number of nitrogens with one attached hydrogen (secondary N) is 1. The Bertz CT molecular complexity index is 1240. The van der Waals surface area contributed by atoms with Crippen LogP contribution >= 0.6 is 7.82 Å². The first-order valence-electron chi connectivity index (χ1n) is 25.3. The first-order valence-corrected chi connectivity index (χ1v) is 26.8. The van der Waals surface area contributed by atoms with Gasteiger partial charge in [-0.2, -0.15) is 0 Å². The van der Waals surface area contributed by atoms with Crippen molar-refractivity contribution in [3.05, 3.63) is 72.9 Å². The summed E-state index contributed by atoms with van der Waals surface area (Å²) in [6.07, 6.45) is 60.9. The van der Waals surface area contributed by atoms with Gasteiger partial charge in [0, 0.05) is 6.42 Å². The Balaban J connectivity index is 3.68. The van der Waals surface area contributed by atoms with Crippen molar-refractivity contribution in [3.63, 3.8) is 0 Å². The fourth-order valence-electron chi connectivity index (χ4n) is 6.95. The number of allylic oxidation sites excluding steroid dienone is 11. The lowest BCUT2D eigenvalue weighted by Gasteiger charge is -2.29. The molecule has 3 unspecified atom stereocenters. The fourth-order valence-corrected chi connectivity index (χ4v) is 7.67. The number of quaternary nitrogens is 1. The summed E-state index contributed by atoms with van der Waals surface area (Å²) >= 11 is 0. The van der Waals surface area contributed by atoms with E-state index in [9.17, 15) is 19.4 Å². The van der Waals surface area contributed by atoms with E-state index in [1.807, 2.05) is 34.1 Å². The van der Waals surface area contributed by atoms with E-state index in [1.165, 1.54) is 122 Å². The third-order valence-corrected chi connectivity index (χ3v) is 11.9. The predicted molar refractivity (Wildman–Crippen MR) is 265 cm³/mol. The Labute approximate surface area is 383 Å². The van der Waals surface area contributed by atoms with E-state index in [2.05, 4.69) is 73.0 Å². The molecule has 360 valence electrons. The number of aliphatic hydroxyl groups is 1. The van der Waals surface area contributed by atoms with Crippen LogP contribution in [0.5, 0.6) is 0 Å². The zero-order valence-corrected chi connectivity index (χ0v) is 41.7. The summed E-state index contributed by atoms with van der Waals surface area (Å²) in [5, 5.41) is 13.4. The Morgan fingerprint density at radius 3 is 1.40 bits per heavy atom. The number of nitrogens with zero attached hydrogens (tertiary/aromatic N) is 1. The van der Waals surface area contributed by atoms with Crippen molar-refractivity contribution in [3.8, 4) is 0 Å². The van der Waals surface area contributed by atoms with E-state index < -0.39 is 20.0 Å². The van der Waals surface area contributed by atoms with E-state index in [0.29, 0.717) is 17.4 Å². The topological polar surface area (TPSA) is 108 Å². The SMILES string of the molecule is CC/C=C\C/C=C\C/C=C\C/C=C\C/C=C\CCCCCCCCCCCCCCCCCCCCCCCC(=O)NC(COP(=O)([O-])OCC[N+](C)(C)C)C(O)/C=C/CCC. The molecular formula is C53H97N2O6P. The lowest BCUT2D eigenvalue weighted by Crippen LogP contribution is -2.45. The summed E-state index contributed by atoms with van der Waals surface area (Å²) < 4.78 is 22.9. The number of hydrogen-bond acceptors (Lipinski definition) is 6. The molecule has 0 aromatic carbocycles. The second-order valence-electron chi connectivity index (χ2n) is 18.1. The number of phosphoric acid groups is 1. The summed E-state index contributed by atoms with van der Waals surface area (Å²) in [5.74, 6) is -0.209. The largest absolute Gasteiger partial charge is 0.756 e. The van der Waals surface area contributed by atoms with Crippen LogP contribution in [0.25, 0.3) is 0 Å². The number of carbonyl (C=O) groups is 1. The summed E-state index contributed by atoms with van der Waals surface area (Å²) in [6.45, 7) is 4.31. The number of rotatable bonds is 45. The van der Waals surface area contributed by atoms with Crippen LogP contribution in [0, 0.1) is 0 Å². The number of amides is 1. The first-order chi connectivity index (χ1) is 30.0. The highest BCUT2D eigenvalue weighted by Gasteiger charge is 2.23. The van der Waals surface area contributed by atoms with Gasteiger partial charge in [-0.3, -0.25) is 9.36 Å². The van der Waals surface area contributed by atoms with Gasteiger partial charge in [0.1, 0.15) is 13.2 Å². The van der Waals surface area contributed by atoms with Crippen LogP contribution in [0.3, 0.4) is 0 Å². The van der Waals surface area contributed by atoms with E-state index >= 15 is 0 Å². The standard InChI is InChI=1S/C53H97N2O6P/c1-6-8-10-11-12-13-14-15-16-17-18-19-20-21-22-23-24-25-26-27-28-29-30-31-32-33-34-35-36-37-38-39-40-41-42-43-45-47-53(57)54-51(52(56)46-44-9-7-2)50-61-62(58,59)60-49-48-55(3,4)5/h8,10,12-13,15-16,18-19,21-22,44,46,51-52,56H,6-7,9,11,14,17,20,23-43,45,47-50H2,1-5H3,(H-,54,57,58,59)/b10-8-,13-12-,16-15-,19-18-,22-21-,46-44+. The summed E-state index contributed by atoms with van der Waals surface area (Å²) in [5.41, 5.74) is 0. The first kappa shape index (κ1) is 59.9. The number of carbonyl (C=O) groups excluding carboxylic acids is 1. The third kappa shape index (κ3) is 45.9. The molecule has 3 atom stereocenters. The average molecular weight is 889 g/mol. The number of phosphoric ester groups is 1. The van der Waals surface area contributed by atoms with Gasteiger partial charge in [0.2, 0.25) is 5.91 Å². The quantitative estimate of drug-likeness (QED) is 0.0273. The van der Waals surface area contributed by atoms with E-state index in [-0.39, 0.29) is 19.1 Å². The number of aliphatic hydroxyl groups excluding tert-OH is 1. The van der Waals surface area contributed by atoms with Crippen molar-refractivity contribution in [2.24, 2.45) is 0 Å². The molecule has 0 aliphatic heterocycles. The molecule has 0 aromatic heterocycles. The minimum absolute atomic E-state index is 0.00347. The minimum Gasteiger partial charge on any atom is -0.756 e. The molecule has 0 aliphatic carbocycles. The molecule has 0 radical (unpaired) electrons. The minimum atomic E-state index is -4.56. The van der Waals surface area contributed by atoms with Gasteiger partial charge >= 0.3 is 0 Å². The lowest BCUT2D eigenvalue weighted by molar-refractivity contribution is -0.870. The third-order valence-electron chi connectivity index (χ3n) is 10.9. The van der Waals surface area contributed by atoms with Crippen LogP contribution in [0.4, 0.5) is 0 Å². The molecular weight excluding hydrogens is 792 g/mol. The lowest BCUT2D eigenvalue weighted by atomic mass is 10.0. The van der Waals surface area contributed by atoms with Crippen LogP contribution in [0.1, 0.15) is 206 Å². The Kier molecular flexibility index (Phi) is 42.7. The van der Waals surface area contributed by atoms with E-state index in [4.69, 9.17) is 9.05 Å². The van der Waals surface area contributed by atoms with Crippen molar-refractivity contribution in [2.75, 3.05) is 40.9 Å². The zero-order valence-electron chi connectivity index (χ0n) is 40.8. The van der Waals surface area contributed by atoms with Crippen LogP contribution in [0.2, 0.25) is 0 Å². The molecule has 0 rings (SSSR count). The van der Waals surface area contributed by atoms with Gasteiger partial charge in [-0.25, -0.2) is 0 Å². The maximum Gasteiger partial charge on any atom is 0.268 e. The number of likely N-dealkylation sites (N-methyl/N-ethyl adjacent to an activating group) is 1. The van der Waals surface area contributed by atoms with Crippen LogP contribution < -0.4 is 10.2 Å². The highest BCUT2D eigenvalue weighted by atomic mass is 31.2. The molecule has 0 saturated heterocycles. The number of hydrogen-bond donors (Lipinski definition) is 2. The second-order valence-corrected chi connectivity index (χ2v) is 19.6. The highest BCUT2D eigenvalue weighted by molar-refractivity contribution is 7.45. The number of unbranched alkanes of at least 4 members (excludes halogenated alkanes) is 22. The van der Waals surface area contributed by atoms with Gasteiger partial charge < -0.3 is 28.8 Å². The van der Waals surface area contributed by atoms with Crippen LogP contribution in [-0.2, 0) is 18.4 Å². The van der Waals surface area contributed by atoms with Crippen molar-refractivity contribution in [1.29, 1.82) is 0 Å².